The number of hydrogen-bond donors (Lipinski definition) is 1. The van der Waals surface area contributed by atoms with E-state index in [0.29, 0.717) is 27.2 Å². The van der Waals surface area contributed by atoms with Gasteiger partial charge in [-0.05, 0) is 25.2 Å². The van der Waals surface area contributed by atoms with Gasteiger partial charge >= 0.3 is 0 Å². The highest BCUT2D eigenvalue weighted by atomic mass is 35.5. The predicted octanol–water partition coefficient (Wildman–Crippen LogP) is 2.79. The predicted molar refractivity (Wildman–Crippen MR) is 96.2 cm³/mol. The van der Waals surface area contributed by atoms with Crippen LogP contribution in [0.4, 0.5) is 11.6 Å². The average Bonchev–Trinajstić information content (AvgIpc) is 2.56. The van der Waals surface area contributed by atoms with Crippen LogP contribution >= 0.6 is 23.2 Å². The molecule has 6 nitrogen and oxygen atoms in total. The molecule has 1 fully saturated rings. The molecule has 1 amide bonds. The van der Waals surface area contributed by atoms with Crippen molar-refractivity contribution in [2.45, 2.75) is 0 Å². The summed E-state index contributed by atoms with van der Waals surface area (Å²) in [5.74, 6) is 0.346. The van der Waals surface area contributed by atoms with E-state index < -0.39 is 0 Å². The summed E-state index contributed by atoms with van der Waals surface area (Å²) in [6.07, 6.45) is 3.20. The number of rotatable bonds is 3. The first-order valence-electron chi connectivity index (χ1n) is 7.55. The van der Waals surface area contributed by atoms with Crippen LogP contribution in [0.5, 0.6) is 0 Å². The number of carbonyl (C=O) groups excluding carboxylic acids is 1. The van der Waals surface area contributed by atoms with E-state index in [2.05, 4.69) is 32.1 Å². The zero-order valence-electron chi connectivity index (χ0n) is 13.2. The number of hydrogen-bond acceptors (Lipinski definition) is 5. The van der Waals surface area contributed by atoms with Gasteiger partial charge in [0.15, 0.2) is 0 Å². The van der Waals surface area contributed by atoms with Gasteiger partial charge in [0.2, 0.25) is 5.95 Å². The maximum atomic E-state index is 12.3. The summed E-state index contributed by atoms with van der Waals surface area (Å²) in [7, 11) is 2.10. The molecule has 1 N–H and O–H groups in total. The Morgan fingerprint density at radius 3 is 2.42 bits per heavy atom. The van der Waals surface area contributed by atoms with Crippen LogP contribution in [0, 0.1) is 0 Å². The minimum absolute atomic E-state index is 0.301. The van der Waals surface area contributed by atoms with Gasteiger partial charge in [0.1, 0.15) is 0 Å². The van der Waals surface area contributed by atoms with Crippen molar-refractivity contribution < 1.29 is 4.79 Å². The number of nitrogens with one attached hydrogen (secondary N) is 1. The maximum Gasteiger partial charge on any atom is 0.257 e. The van der Waals surface area contributed by atoms with Gasteiger partial charge < -0.3 is 15.1 Å². The quantitative estimate of drug-likeness (QED) is 0.905. The number of anilines is 2. The lowest BCUT2D eigenvalue weighted by Crippen LogP contribution is -2.45. The van der Waals surface area contributed by atoms with Crippen molar-refractivity contribution >= 4 is 40.7 Å². The second kappa shape index (κ2) is 7.34. The second-order valence-corrected chi connectivity index (χ2v) is 6.48. The molecular weight excluding hydrogens is 349 g/mol. The molecular formula is C16H17Cl2N5O. The average molecular weight is 366 g/mol. The number of benzene rings is 1. The van der Waals surface area contributed by atoms with Crippen molar-refractivity contribution in [2.24, 2.45) is 0 Å². The third kappa shape index (κ3) is 3.95. The number of halogens is 2. The van der Waals surface area contributed by atoms with Gasteiger partial charge in [-0.15, -0.1) is 0 Å². The molecule has 2 aromatic rings. The SMILES string of the molecule is CN1CCN(c2ncc(NC(=O)c3ccc(Cl)cc3Cl)cn2)CC1. The standard InChI is InChI=1S/C16H17Cl2N5O/c1-22-4-6-23(7-5-22)16-19-9-12(10-20-16)21-15(24)13-3-2-11(17)8-14(13)18/h2-3,8-10H,4-7H2,1H3,(H,21,24). The molecule has 1 aromatic heterocycles. The van der Waals surface area contributed by atoms with Gasteiger partial charge in [0, 0.05) is 31.2 Å². The Bertz CT molecular complexity index is 730. The van der Waals surface area contributed by atoms with Crippen LogP contribution in [-0.4, -0.2) is 54.0 Å². The summed E-state index contributed by atoms with van der Waals surface area (Å²) < 4.78 is 0. The summed E-state index contributed by atoms with van der Waals surface area (Å²) in [5, 5.41) is 3.52. The number of amides is 1. The summed E-state index contributed by atoms with van der Waals surface area (Å²) in [6, 6.07) is 4.74. The van der Waals surface area contributed by atoms with Gasteiger partial charge in [-0.25, -0.2) is 9.97 Å². The summed E-state index contributed by atoms with van der Waals surface area (Å²) in [6.45, 7) is 3.75. The molecule has 24 heavy (non-hydrogen) atoms. The Balaban J connectivity index is 1.66. The minimum atomic E-state index is -0.326. The summed E-state index contributed by atoms with van der Waals surface area (Å²) >= 11 is 11.9. The van der Waals surface area contributed by atoms with Crippen LogP contribution in [0.2, 0.25) is 10.0 Å². The molecule has 3 rings (SSSR count). The van der Waals surface area contributed by atoms with E-state index in [1.54, 1.807) is 24.5 Å². The van der Waals surface area contributed by atoms with Gasteiger partial charge in [0.25, 0.3) is 5.91 Å². The highest BCUT2D eigenvalue weighted by molar-refractivity contribution is 6.37. The fraction of sp³-hybridized carbons (Fsp3) is 0.312. The highest BCUT2D eigenvalue weighted by Gasteiger charge is 2.17. The molecule has 0 radical (unpaired) electrons. The van der Waals surface area contributed by atoms with Crippen molar-refractivity contribution in [2.75, 3.05) is 43.4 Å². The van der Waals surface area contributed by atoms with Crippen molar-refractivity contribution in [3.8, 4) is 0 Å². The van der Waals surface area contributed by atoms with Crippen molar-refractivity contribution in [3.63, 3.8) is 0 Å². The van der Waals surface area contributed by atoms with Crippen LogP contribution in [0.25, 0.3) is 0 Å². The molecule has 1 aromatic carbocycles. The number of piperazine rings is 1. The molecule has 126 valence electrons. The fourth-order valence-electron chi connectivity index (χ4n) is 2.43. The molecule has 0 bridgehead atoms. The normalized spacial score (nSPS) is 15.4. The molecule has 0 aliphatic carbocycles. The molecule has 0 atom stereocenters. The summed E-state index contributed by atoms with van der Waals surface area (Å²) in [4.78, 5) is 25.3. The molecule has 0 unspecified atom stereocenters. The van der Waals surface area contributed by atoms with Crippen molar-refractivity contribution in [3.05, 3.63) is 46.2 Å². The van der Waals surface area contributed by atoms with Crippen molar-refractivity contribution in [1.82, 2.24) is 14.9 Å². The van der Waals surface area contributed by atoms with Crippen molar-refractivity contribution in [1.29, 1.82) is 0 Å². The topological polar surface area (TPSA) is 61.4 Å². The third-order valence-electron chi connectivity index (χ3n) is 3.86. The smallest absolute Gasteiger partial charge is 0.257 e. The van der Waals surface area contributed by atoms with E-state index in [-0.39, 0.29) is 5.91 Å². The first kappa shape index (κ1) is 17.0. The van der Waals surface area contributed by atoms with Gasteiger partial charge in [-0.2, -0.15) is 0 Å². The third-order valence-corrected chi connectivity index (χ3v) is 4.41. The van der Waals surface area contributed by atoms with E-state index in [1.807, 2.05) is 0 Å². The van der Waals surface area contributed by atoms with Gasteiger partial charge in [-0.3, -0.25) is 4.79 Å². The first-order valence-corrected chi connectivity index (χ1v) is 8.30. The Hall–Kier alpha value is -1.89. The summed E-state index contributed by atoms with van der Waals surface area (Å²) in [5.41, 5.74) is 0.869. The molecule has 2 heterocycles. The molecule has 0 spiro atoms. The van der Waals surface area contributed by atoms with E-state index in [0.717, 1.165) is 26.2 Å². The van der Waals surface area contributed by atoms with Crippen LogP contribution in [-0.2, 0) is 0 Å². The Kier molecular flexibility index (Phi) is 5.18. The first-order chi connectivity index (χ1) is 11.5. The zero-order chi connectivity index (χ0) is 17.1. The lowest BCUT2D eigenvalue weighted by molar-refractivity contribution is 0.102. The highest BCUT2D eigenvalue weighted by Crippen LogP contribution is 2.22. The lowest BCUT2D eigenvalue weighted by atomic mass is 10.2. The van der Waals surface area contributed by atoms with E-state index in [4.69, 9.17) is 23.2 Å². The van der Waals surface area contributed by atoms with Crippen LogP contribution in [0.3, 0.4) is 0 Å². The Morgan fingerprint density at radius 1 is 1.12 bits per heavy atom. The number of nitrogens with zero attached hydrogens (tertiary/aromatic N) is 4. The largest absolute Gasteiger partial charge is 0.338 e. The molecule has 1 aliphatic rings. The molecule has 1 aliphatic heterocycles. The van der Waals surface area contributed by atoms with E-state index in [1.165, 1.54) is 6.07 Å². The Morgan fingerprint density at radius 2 is 1.79 bits per heavy atom. The number of likely N-dealkylation sites (N-methyl/N-ethyl adjacent to an activating group) is 1. The number of aromatic nitrogens is 2. The van der Waals surface area contributed by atoms with Crippen LogP contribution in [0.15, 0.2) is 30.6 Å². The fourth-order valence-corrected chi connectivity index (χ4v) is 2.92. The number of carbonyl (C=O) groups is 1. The second-order valence-electron chi connectivity index (χ2n) is 5.64. The molecule has 0 saturated carbocycles. The molecule has 8 heteroatoms. The van der Waals surface area contributed by atoms with Gasteiger partial charge in [-0.1, -0.05) is 23.2 Å². The van der Waals surface area contributed by atoms with Gasteiger partial charge in [0.05, 0.1) is 28.7 Å². The molecule has 1 saturated heterocycles. The van der Waals surface area contributed by atoms with Crippen LogP contribution < -0.4 is 10.2 Å². The van der Waals surface area contributed by atoms with Crippen LogP contribution in [0.1, 0.15) is 10.4 Å². The lowest BCUT2D eigenvalue weighted by Gasteiger charge is -2.32. The monoisotopic (exact) mass is 365 g/mol. The maximum absolute atomic E-state index is 12.3. The van der Waals surface area contributed by atoms with E-state index >= 15 is 0 Å². The Labute approximate surface area is 150 Å². The minimum Gasteiger partial charge on any atom is -0.338 e. The zero-order valence-corrected chi connectivity index (χ0v) is 14.7. The van der Waals surface area contributed by atoms with E-state index in [9.17, 15) is 4.79 Å².